The Morgan fingerprint density at radius 2 is 1.50 bits per heavy atom. The molecule has 178 valence electrons. The van der Waals surface area contributed by atoms with Gasteiger partial charge in [-0.15, -0.1) is 0 Å². The van der Waals surface area contributed by atoms with Gasteiger partial charge in [0.25, 0.3) is 26.9 Å². The predicted octanol–water partition coefficient (Wildman–Crippen LogP) is 2.79. The summed E-state index contributed by atoms with van der Waals surface area (Å²) in [6.07, 6.45) is -1.02. The maximum absolute atomic E-state index is 13.4. The highest BCUT2D eigenvalue weighted by Gasteiger charge is 2.41. The van der Waals surface area contributed by atoms with Crippen LogP contribution in [0.1, 0.15) is 48.4 Å². The lowest BCUT2D eigenvalue weighted by atomic mass is 10.1. The van der Waals surface area contributed by atoms with E-state index in [0.717, 1.165) is 4.90 Å². The molecule has 1 aliphatic heterocycles. The molecule has 0 bridgehead atoms. The smallest absolute Gasteiger partial charge is 0.323 e. The second-order valence-electron chi connectivity index (χ2n) is 6.83. The van der Waals surface area contributed by atoms with Crippen molar-refractivity contribution in [2.75, 3.05) is 32.4 Å². The van der Waals surface area contributed by atoms with Gasteiger partial charge in [-0.3, -0.25) is 28.4 Å². The van der Waals surface area contributed by atoms with Crippen LogP contribution >= 0.6 is 15.0 Å². The van der Waals surface area contributed by atoms with Crippen LogP contribution in [0.25, 0.3) is 0 Å². The first-order valence-electron chi connectivity index (χ1n) is 10.2. The number of rotatable bonds is 13. The van der Waals surface area contributed by atoms with Crippen LogP contribution in [-0.4, -0.2) is 61.1 Å². The Bertz CT molecular complexity index is 919. The van der Waals surface area contributed by atoms with Crippen molar-refractivity contribution < 1.29 is 37.3 Å². The maximum atomic E-state index is 13.4. The van der Waals surface area contributed by atoms with Gasteiger partial charge in [-0.05, 0) is 39.8 Å². The molecule has 1 aromatic rings. The van der Waals surface area contributed by atoms with E-state index in [-0.39, 0.29) is 30.9 Å². The van der Waals surface area contributed by atoms with Gasteiger partial charge < -0.3 is 13.8 Å². The van der Waals surface area contributed by atoms with Gasteiger partial charge in [0.1, 0.15) is 12.3 Å². The molecule has 0 radical (unpaired) electrons. The summed E-state index contributed by atoms with van der Waals surface area (Å²) in [5.41, 5.74) is 0.427. The molecule has 11 nitrogen and oxygen atoms in total. The predicted molar refractivity (Wildman–Crippen MR) is 118 cm³/mol. The molecular weight excluding hydrogens is 460 g/mol. The third-order valence-corrected chi connectivity index (χ3v) is 8.68. The molecule has 0 aliphatic carbocycles. The molecule has 0 aromatic heterocycles. The Labute approximate surface area is 187 Å². The SMILES string of the molecule is CCOC(=O)C(C)NP(=O)(CNP(=O)(CN1C(=O)c2ccccc2C1=O)OCC)OCC. The van der Waals surface area contributed by atoms with Gasteiger partial charge >= 0.3 is 5.97 Å². The third kappa shape index (κ3) is 6.34. The molecule has 1 aromatic carbocycles. The van der Waals surface area contributed by atoms with E-state index in [2.05, 4.69) is 10.2 Å². The van der Waals surface area contributed by atoms with Gasteiger partial charge in [0.05, 0.1) is 37.2 Å². The third-order valence-electron chi connectivity index (χ3n) is 4.43. The highest BCUT2D eigenvalue weighted by atomic mass is 31.2. The van der Waals surface area contributed by atoms with Crippen LogP contribution in [0.5, 0.6) is 0 Å². The Kier molecular flexibility index (Phi) is 9.33. The monoisotopic (exact) mass is 489 g/mol. The number of fused-ring (bicyclic) bond motifs is 1. The summed E-state index contributed by atoms with van der Waals surface area (Å²) in [5, 5.41) is 5.17. The number of esters is 1. The van der Waals surface area contributed by atoms with Crippen LogP contribution in [-0.2, 0) is 27.7 Å². The van der Waals surface area contributed by atoms with E-state index in [0.29, 0.717) is 0 Å². The van der Waals surface area contributed by atoms with Crippen molar-refractivity contribution >= 4 is 32.8 Å². The van der Waals surface area contributed by atoms with Crippen molar-refractivity contribution in [3.05, 3.63) is 35.4 Å². The molecule has 2 N–H and O–H groups in total. The molecule has 0 saturated carbocycles. The maximum Gasteiger partial charge on any atom is 0.323 e. The quantitative estimate of drug-likeness (QED) is 0.241. The number of ether oxygens (including phenoxy) is 1. The number of benzene rings is 1. The molecule has 0 fully saturated rings. The van der Waals surface area contributed by atoms with Crippen molar-refractivity contribution in [1.82, 2.24) is 15.1 Å². The fraction of sp³-hybridized carbons (Fsp3) is 0.526. The molecule has 13 heteroatoms. The largest absolute Gasteiger partial charge is 0.465 e. The average Bonchev–Trinajstić information content (AvgIpc) is 2.98. The molecule has 0 spiro atoms. The van der Waals surface area contributed by atoms with Crippen LogP contribution in [0.3, 0.4) is 0 Å². The highest BCUT2D eigenvalue weighted by molar-refractivity contribution is 7.60. The number of imide groups is 1. The van der Waals surface area contributed by atoms with E-state index >= 15 is 0 Å². The van der Waals surface area contributed by atoms with Gasteiger partial charge in [0.15, 0.2) is 0 Å². The lowest BCUT2D eigenvalue weighted by Crippen LogP contribution is -2.37. The van der Waals surface area contributed by atoms with Crippen LogP contribution in [0.4, 0.5) is 0 Å². The summed E-state index contributed by atoms with van der Waals surface area (Å²) in [6, 6.07) is 5.33. The lowest BCUT2D eigenvalue weighted by molar-refractivity contribution is -0.144. The first-order chi connectivity index (χ1) is 15.1. The van der Waals surface area contributed by atoms with E-state index in [9.17, 15) is 23.5 Å². The van der Waals surface area contributed by atoms with Gasteiger partial charge in [-0.1, -0.05) is 12.1 Å². The van der Waals surface area contributed by atoms with Crippen LogP contribution in [0.15, 0.2) is 24.3 Å². The first kappa shape index (κ1) is 26.4. The Morgan fingerprint density at radius 3 is 2.00 bits per heavy atom. The average molecular weight is 489 g/mol. The lowest BCUT2D eigenvalue weighted by Gasteiger charge is -2.27. The van der Waals surface area contributed by atoms with Crippen molar-refractivity contribution in [3.8, 4) is 0 Å². The molecule has 32 heavy (non-hydrogen) atoms. The molecule has 1 aliphatic rings. The van der Waals surface area contributed by atoms with Crippen LogP contribution in [0.2, 0.25) is 0 Å². The van der Waals surface area contributed by atoms with E-state index in [1.807, 2.05) is 0 Å². The summed E-state index contributed by atoms with van der Waals surface area (Å²) in [5.74, 6) is -1.80. The minimum absolute atomic E-state index is 0.0129. The summed E-state index contributed by atoms with van der Waals surface area (Å²) in [7, 11) is -7.56. The normalized spacial score (nSPS) is 18.1. The van der Waals surface area contributed by atoms with Crippen LogP contribution in [0, 0.1) is 0 Å². The summed E-state index contributed by atoms with van der Waals surface area (Å²) < 4.78 is 42.2. The highest BCUT2D eigenvalue weighted by Crippen LogP contribution is 2.49. The van der Waals surface area contributed by atoms with E-state index < -0.39 is 51.4 Å². The Balaban J connectivity index is 2.16. The molecule has 1 heterocycles. The molecule has 3 atom stereocenters. The van der Waals surface area contributed by atoms with Crippen molar-refractivity contribution in [2.24, 2.45) is 0 Å². The van der Waals surface area contributed by atoms with E-state index in [4.69, 9.17) is 13.8 Å². The van der Waals surface area contributed by atoms with Crippen LogP contribution < -0.4 is 10.2 Å². The molecule has 2 amide bonds. The van der Waals surface area contributed by atoms with Crippen molar-refractivity contribution in [3.63, 3.8) is 0 Å². The van der Waals surface area contributed by atoms with E-state index in [1.165, 1.54) is 19.1 Å². The fourth-order valence-corrected chi connectivity index (χ4v) is 7.35. The fourth-order valence-electron chi connectivity index (χ4n) is 3.05. The number of nitrogens with zero attached hydrogens (tertiary/aromatic N) is 1. The zero-order valence-electron chi connectivity index (χ0n) is 18.5. The van der Waals surface area contributed by atoms with Crippen molar-refractivity contribution in [1.29, 1.82) is 0 Å². The zero-order chi connectivity index (χ0) is 23.9. The molecule has 2 rings (SSSR count). The number of carbonyl (C=O) groups is 3. The minimum atomic E-state index is -3.85. The summed E-state index contributed by atoms with van der Waals surface area (Å²) in [4.78, 5) is 38.0. The number of carbonyl (C=O) groups excluding carboxylic acids is 3. The number of nitrogens with one attached hydrogen (secondary N) is 2. The van der Waals surface area contributed by atoms with Gasteiger partial charge in [-0.2, -0.15) is 0 Å². The minimum Gasteiger partial charge on any atom is -0.465 e. The molecule has 0 saturated heterocycles. The standard InChI is InChI=1S/C19H29N3O8P2/c1-5-28-19(25)14(4)21-31(26,29-6-2)12-20-32(27,30-7-3)13-22-17(23)15-10-8-9-11-16(15)18(22)24/h8-11,14H,5-7,12-13H2,1-4H3,(H,20,27)(H,21,26). The van der Waals surface area contributed by atoms with Crippen molar-refractivity contribution in [2.45, 2.75) is 33.7 Å². The number of amides is 2. The Hall–Kier alpha value is -1.87. The number of hydrogen-bond donors (Lipinski definition) is 2. The van der Waals surface area contributed by atoms with Gasteiger partial charge in [0.2, 0.25) is 0 Å². The Morgan fingerprint density at radius 1 is 0.969 bits per heavy atom. The van der Waals surface area contributed by atoms with E-state index in [1.54, 1.807) is 32.9 Å². The topological polar surface area (TPSA) is 140 Å². The molecule has 3 unspecified atom stereocenters. The molecular formula is C19H29N3O8P2. The van der Waals surface area contributed by atoms with Gasteiger partial charge in [-0.25, -0.2) is 10.2 Å². The van der Waals surface area contributed by atoms with Gasteiger partial charge in [0, 0.05) is 0 Å². The first-order valence-corrected chi connectivity index (χ1v) is 13.8. The zero-order valence-corrected chi connectivity index (χ0v) is 20.3. The summed E-state index contributed by atoms with van der Waals surface area (Å²) in [6.45, 7) is 6.54. The second kappa shape index (κ2) is 11.3. The summed E-state index contributed by atoms with van der Waals surface area (Å²) >= 11 is 0. The second-order valence-corrected chi connectivity index (χ2v) is 11.2. The number of hydrogen-bond acceptors (Lipinski definition) is 8.